The van der Waals surface area contributed by atoms with Crippen molar-refractivity contribution in [1.82, 2.24) is 9.80 Å². The fraction of sp³-hybridized carbons (Fsp3) is 1.00. The molecule has 0 aliphatic carbocycles. The van der Waals surface area contributed by atoms with Crippen LogP contribution in [0, 0.1) is 0 Å². The van der Waals surface area contributed by atoms with Crippen LogP contribution in [0.15, 0.2) is 0 Å². The Morgan fingerprint density at radius 2 is 1.21 bits per heavy atom. The maximum atomic E-state index is 2.55. The predicted octanol–water partition coefficient (Wildman–Crippen LogP) is 2.45. The first-order chi connectivity index (χ1) is 6.52. The molecule has 0 heterocycles. The summed E-state index contributed by atoms with van der Waals surface area (Å²) in [6.07, 6.45) is 0. The van der Waals surface area contributed by atoms with Gasteiger partial charge in [0.05, 0.1) is 0 Å². The van der Waals surface area contributed by atoms with E-state index in [4.69, 9.17) is 0 Å². The fourth-order valence-corrected chi connectivity index (χ4v) is 1.91. The SMILES string of the molecule is CCN(CC)CCN(C(C)C)C(C)C. The van der Waals surface area contributed by atoms with E-state index in [9.17, 15) is 0 Å². The van der Waals surface area contributed by atoms with Gasteiger partial charge in [-0.15, -0.1) is 0 Å². The Hall–Kier alpha value is -0.0800. The Kier molecular flexibility index (Phi) is 7.20. The molecule has 0 fully saturated rings. The Bertz CT molecular complexity index is 120. The minimum atomic E-state index is 0.658. The van der Waals surface area contributed by atoms with Crippen LogP contribution in [0.3, 0.4) is 0 Å². The minimum Gasteiger partial charge on any atom is -0.303 e. The van der Waals surface area contributed by atoms with E-state index in [0.717, 1.165) is 0 Å². The maximum absolute atomic E-state index is 2.55. The maximum Gasteiger partial charge on any atom is 0.0115 e. The van der Waals surface area contributed by atoms with Crippen molar-refractivity contribution in [3.63, 3.8) is 0 Å². The van der Waals surface area contributed by atoms with Gasteiger partial charge in [0.2, 0.25) is 0 Å². The number of likely N-dealkylation sites (N-methyl/N-ethyl adjacent to an activating group) is 1. The largest absolute Gasteiger partial charge is 0.303 e. The van der Waals surface area contributed by atoms with E-state index in [1.807, 2.05) is 0 Å². The molecule has 0 aliphatic rings. The highest BCUT2D eigenvalue weighted by Gasteiger charge is 2.13. The zero-order chi connectivity index (χ0) is 11.1. The molecule has 0 spiro atoms. The lowest BCUT2D eigenvalue weighted by atomic mass is 10.2. The zero-order valence-electron chi connectivity index (χ0n) is 10.9. The van der Waals surface area contributed by atoms with Crippen LogP contribution in [0.4, 0.5) is 0 Å². The van der Waals surface area contributed by atoms with Crippen molar-refractivity contribution < 1.29 is 0 Å². The number of hydrogen-bond donors (Lipinski definition) is 0. The molecule has 0 aromatic carbocycles. The number of hydrogen-bond acceptors (Lipinski definition) is 2. The quantitative estimate of drug-likeness (QED) is 0.623. The van der Waals surface area contributed by atoms with Crippen molar-refractivity contribution in [3.05, 3.63) is 0 Å². The first kappa shape index (κ1) is 13.9. The van der Waals surface area contributed by atoms with Crippen molar-refractivity contribution in [3.8, 4) is 0 Å². The van der Waals surface area contributed by atoms with E-state index < -0.39 is 0 Å². The van der Waals surface area contributed by atoms with Crippen LogP contribution in [-0.4, -0.2) is 48.1 Å². The molecule has 0 aliphatic heterocycles. The Morgan fingerprint density at radius 1 is 0.786 bits per heavy atom. The lowest BCUT2D eigenvalue weighted by Gasteiger charge is -2.32. The summed E-state index contributed by atoms with van der Waals surface area (Å²) in [5, 5.41) is 0. The first-order valence-electron chi connectivity index (χ1n) is 6.00. The molecule has 0 unspecified atom stereocenters. The predicted molar refractivity (Wildman–Crippen MR) is 64.8 cm³/mol. The third kappa shape index (κ3) is 4.97. The molecule has 0 aromatic rings. The van der Waals surface area contributed by atoms with E-state index in [2.05, 4.69) is 51.3 Å². The molecule has 0 N–H and O–H groups in total. The molecule has 2 nitrogen and oxygen atoms in total. The molecule has 0 bridgehead atoms. The standard InChI is InChI=1S/C12H28N2/c1-7-13(8-2)9-10-14(11(3)4)12(5)6/h11-12H,7-10H2,1-6H3. The molecule has 0 rings (SSSR count). The smallest absolute Gasteiger partial charge is 0.0115 e. The summed E-state index contributed by atoms with van der Waals surface area (Å²) in [5.41, 5.74) is 0. The summed E-state index contributed by atoms with van der Waals surface area (Å²) < 4.78 is 0. The van der Waals surface area contributed by atoms with Crippen LogP contribution in [0.25, 0.3) is 0 Å². The van der Waals surface area contributed by atoms with E-state index >= 15 is 0 Å². The van der Waals surface area contributed by atoms with Crippen molar-refractivity contribution in [2.45, 2.75) is 53.6 Å². The topological polar surface area (TPSA) is 6.48 Å². The molecule has 0 aromatic heterocycles. The molecule has 0 amide bonds. The van der Waals surface area contributed by atoms with Gasteiger partial charge < -0.3 is 4.90 Å². The van der Waals surface area contributed by atoms with Crippen LogP contribution in [-0.2, 0) is 0 Å². The van der Waals surface area contributed by atoms with Crippen molar-refractivity contribution in [2.75, 3.05) is 26.2 Å². The molecule has 0 saturated heterocycles. The van der Waals surface area contributed by atoms with Crippen molar-refractivity contribution in [2.24, 2.45) is 0 Å². The van der Waals surface area contributed by atoms with Crippen LogP contribution in [0.1, 0.15) is 41.5 Å². The van der Waals surface area contributed by atoms with E-state index in [1.165, 1.54) is 26.2 Å². The van der Waals surface area contributed by atoms with Gasteiger partial charge in [-0.2, -0.15) is 0 Å². The summed E-state index contributed by atoms with van der Waals surface area (Å²) in [6.45, 7) is 18.3. The average Bonchev–Trinajstić information content (AvgIpc) is 2.11. The summed E-state index contributed by atoms with van der Waals surface area (Å²) in [6, 6.07) is 1.32. The lowest BCUT2D eigenvalue weighted by Crippen LogP contribution is -2.42. The Labute approximate surface area is 90.3 Å². The van der Waals surface area contributed by atoms with E-state index in [0.29, 0.717) is 12.1 Å². The number of rotatable bonds is 7. The van der Waals surface area contributed by atoms with Gasteiger partial charge in [0, 0.05) is 25.2 Å². The van der Waals surface area contributed by atoms with Gasteiger partial charge in [0.15, 0.2) is 0 Å². The second-order valence-corrected chi connectivity index (χ2v) is 4.45. The van der Waals surface area contributed by atoms with Gasteiger partial charge in [-0.25, -0.2) is 0 Å². The molecule has 86 valence electrons. The van der Waals surface area contributed by atoms with Crippen molar-refractivity contribution in [1.29, 1.82) is 0 Å². The van der Waals surface area contributed by atoms with Gasteiger partial charge in [-0.05, 0) is 40.8 Å². The molecule has 0 atom stereocenters. The van der Waals surface area contributed by atoms with Crippen LogP contribution < -0.4 is 0 Å². The fourth-order valence-electron chi connectivity index (χ4n) is 1.91. The van der Waals surface area contributed by atoms with Gasteiger partial charge in [-0.1, -0.05) is 13.8 Å². The lowest BCUT2D eigenvalue weighted by molar-refractivity contribution is 0.147. The second-order valence-electron chi connectivity index (χ2n) is 4.45. The normalized spacial score (nSPS) is 12.4. The van der Waals surface area contributed by atoms with Crippen LogP contribution in [0.2, 0.25) is 0 Å². The van der Waals surface area contributed by atoms with E-state index in [-0.39, 0.29) is 0 Å². The zero-order valence-corrected chi connectivity index (χ0v) is 10.9. The Balaban J connectivity index is 3.92. The van der Waals surface area contributed by atoms with Gasteiger partial charge in [-0.3, -0.25) is 4.90 Å². The number of nitrogens with zero attached hydrogens (tertiary/aromatic N) is 2. The van der Waals surface area contributed by atoms with E-state index in [1.54, 1.807) is 0 Å². The van der Waals surface area contributed by atoms with Gasteiger partial charge in [0.25, 0.3) is 0 Å². The molecule has 0 saturated carbocycles. The van der Waals surface area contributed by atoms with Gasteiger partial charge in [0.1, 0.15) is 0 Å². The first-order valence-corrected chi connectivity index (χ1v) is 6.00. The minimum absolute atomic E-state index is 0.658. The molecule has 14 heavy (non-hydrogen) atoms. The Morgan fingerprint density at radius 3 is 1.50 bits per heavy atom. The summed E-state index contributed by atoms with van der Waals surface area (Å²) >= 11 is 0. The molecule has 0 radical (unpaired) electrons. The molecule has 2 heteroatoms. The molecular weight excluding hydrogens is 172 g/mol. The summed E-state index contributed by atoms with van der Waals surface area (Å²) in [7, 11) is 0. The third-order valence-corrected chi connectivity index (χ3v) is 2.90. The third-order valence-electron chi connectivity index (χ3n) is 2.90. The molecular formula is C12H28N2. The van der Waals surface area contributed by atoms with Crippen LogP contribution >= 0.6 is 0 Å². The van der Waals surface area contributed by atoms with Crippen LogP contribution in [0.5, 0.6) is 0 Å². The average molecular weight is 200 g/mol. The second kappa shape index (κ2) is 7.24. The highest BCUT2D eigenvalue weighted by atomic mass is 15.2. The summed E-state index contributed by atoms with van der Waals surface area (Å²) in [4.78, 5) is 5.04. The summed E-state index contributed by atoms with van der Waals surface area (Å²) in [5.74, 6) is 0. The highest BCUT2D eigenvalue weighted by Crippen LogP contribution is 2.04. The van der Waals surface area contributed by atoms with Crippen molar-refractivity contribution >= 4 is 0 Å². The highest BCUT2D eigenvalue weighted by molar-refractivity contribution is 4.69. The van der Waals surface area contributed by atoms with Gasteiger partial charge >= 0.3 is 0 Å². The monoisotopic (exact) mass is 200 g/mol.